The van der Waals surface area contributed by atoms with E-state index in [4.69, 9.17) is 21.1 Å². The Hall–Kier alpha value is -0.0900. The predicted molar refractivity (Wildman–Crippen MR) is 130 cm³/mol. The average Bonchev–Trinajstić information content (AvgIpc) is 3.34. The van der Waals surface area contributed by atoms with Crippen molar-refractivity contribution in [3.8, 4) is 0 Å². The van der Waals surface area contributed by atoms with Gasteiger partial charge in [-0.15, -0.1) is 23.4 Å². The molecule has 9 heteroatoms. The lowest BCUT2D eigenvalue weighted by Gasteiger charge is -2.39. The third kappa shape index (κ3) is 6.01. The lowest BCUT2D eigenvalue weighted by molar-refractivity contribution is -0.150. The van der Waals surface area contributed by atoms with Gasteiger partial charge in [0.15, 0.2) is 5.44 Å². The largest absolute Gasteiger partial charge is 0.387 e. The zero-order valence-corrected chi connectivity index (χ0v) is 21.5. The van der Waals surface area contributed by atoms with Crippen LogP contribution >= 0.6 is 23.4 Å². The maximum atomic E-state index is 13.2. The Morgan fingerprint density at radius 3 is 2.58 bits per heavy atom. The summed E-state index contributed by atoms with van der Waals surface area (Å²) in [5.41, 5.74) is -0.633. The van der Waals surface area contributed by atoms with Crippen LogP contribution in [-0.2, 0) is 14.3 Å². The first-order valence-electron chi connectivity index (χ1n) is 12.8. The molecule has 190 valence electrons. The molecule has 1 saturated carbocycles. The van der Waals surface area contributed by atoms with Gasteiger partial charge >= 0.3 is 0 Å². The zero-order chi connectivity index (χ0) is 23.6. The highest BCUT2D eigenvalue weighted by Gasteiger charge is 2.70. The van der Waals surface area contributed by atoms with Gasteiger partial charge < -0.3 is 30.3 Å². The van der Waals surface area contributed by atoms with Crippen LogP contribution in [0, 0.1) is 11.8 Å². The van der Waals surface area contributed by atoms with Crippen molar-refractivity contribution in [2.45, 2.75) is 118 Å². The summed E-state index contributed by atoms with van der Waals surface area (Å²) >= 11 is 7.76. The summed E-state index contributed by atoms with van der Waals surface area (Å²) in [6.07, 6.45) is 11.8. The quantitative estimate of drug-likeness (QED) is 0.283. The highest BCUT2D eigenvalue weighted by Crippen LogP contribution is 2.50. The van der Waals surface area contributed by atoms with E-state index in [1.54, 1.807) is 6.92 Å². The van der Waals surface area contributed by atoms with Crippen molar-refractivity contribution < 1.29 is 24.5 Å². The molecule has 1 aliphatic carbocycles. The van der Waals surface area contributed by atoms with Gasteiger partial charge in [-0.1, -0.05) is 44.9 Å². The number of carbonyl (C=O) groups excluding carboxylic acids is 1. The zero-order valence-electron chi connectivity index (χ0n) is 19.9. The molecular formula is C24H41ClN2O5S. The number of carbonyl (C=O) groups is 1. The van der Waals surface area contributed by atoms with Crippen LogP contribution in [0.3, 0.4) is 0 Å². The van der Waals surface area contributed by atoms with Crippen molar-refractivity contribution in [1.82, 2.24) is 10.6 Å². The maximum Gasteiger partial charge on any atom is 0.237 e. The SMILES string of the molecule is CSC1O[C@H]([C@H](NC(=O)[C@@H]2CC[C@H](CCCC3CCCC3)CCN2)[C@H](C)Cl)C(O)C2O[C@]12O. The third-order valence-corrected chi connectivity index (χ3v) is 9.27. The molecule has 0 aromatic heterocycles. The van der Waals surface area contributed by atoms with Crippen molar-refractivity contribution >= 4 is 29.3 Å². The highest BCUT2D eigenvalue weighted by atomic mass is 35.5. The number of alkyl halides is 1. The standard InChI is InChI=1S/C24H41ClN2O5S/c1-14(25)18(20-19(28)21-24(30,32-21)23(31-20)33-2)27-22(29)17-11-10-16(12-13-26-17)9-5-8-15-6-3-4-7-15/h14-21,23,26,28,30H,3-13H2,1-2H3,(H,27,29)/t14-,16-,17-,18+,19?,20+,21?,23?,24-/m0/s1. The summed E-state index contributed by atoms with van der Waals surface area (Å²) in [5, 5.41) is 27.1. The topological polar surface area (TPSA) is 103 Å². The fourth-order valence-electron chi connectivity index (χ4n) is 6.03. The van der Waals surface area contributed by atoms with Crippen molar-refractivity contribution in [2.24, 2.45) is 11.8 Å². The van der Waals surface area contributed by atoms with E-state index in [-0.39, 0.29) is 11.9 Å². The van der Waals surface area contributed by atoms with Crippen LogP contribution in [0.4, 0.5) is 0 Å². The van der Waals surface area contributed by atoms with Crippen LogP contribution in [0.5, 0.6) is 0 Å². The number of epoxide rings is 1. The predicted octanol–water partition coefficient (Wildman–Crippen LogP) is 2.75. The molecule has 4 N–H and O–H groups in total. The monoisotopic (exact) mass is 504 g/mol. The minimum atomic E-state index is -1.46. The molecule has 0 radical (unpaired) electrons. The summed E-state index contributed by atoms with van der Waals surface area (Å²) in [4.78, 5) is 13.2. The Morgan fingerprint density at radius 2 is 1.91 bits per heavy atom. The molecule has 4 rings (SSSR count). The van der Waals surface area contributed by atoms with Crippen LogP contribution in [0.15, 0.2) is 0 Å². The smallest absolute Gasteiger partial charge is 0.237 e. The molecular weight excluding hydrogens is 464 g/mol. The van der Waals surface area contributed by atoms with E-state index in [9.17, 15) is 15.0 Å². The van der Waals surface area contributed by atoms with Crippen LogP contribution in [-0.4, -0.2) is 75.9 Å². The van der Waals surface area contributed by atoms with Gasteiger partial charge in [0.25, 0.3) is 0 Å². The molecule has 3 saturated heterocycles. The van der Waals surface area contributed by atoms with E-state index < -0.39 is 41.0 Å². The van der Waals surface area contributed by atoms with Crippen LogP contribution in [0.1, 0.15) is 71.1 Å². The Bertz CT molecular complexity index is 667. The fourth-order valence-corrected chi connectivity index (χ4v) is 7.00. The van der Waals surface area contributed by atoms with Crippen molar-refractivity contribution in [3.05, 3.63) is 0 Å². The minimum absolute atomic E-state index is 0.104. The van der Waals surface area contributed by atoms with Gasteiger partial charge in [0.05, 0.1) is 17.5 Å². The Balaban J connectivity index is 1.27. The van der Waals surface area contributed by atoms with E-state index in [2.05, 4.69) is 10.6 Å². The van der Waals surface area contributed by atoms with Crippen LogP contribution < -0.4 is 10.6 Å². The van der Waals surface area contributed by atoms with Crippen LogP contribution in [0.25, 0.3) is 0 Å². The summed E-state index contributed by atoms with van der Waals surface area (Å²) < 4.78 is 11.3. The highest BCUT2D eigenvalue weighted by molar-refractivity contribution is 7.99. The lowest BCUT2D eigenvalue weighted by Crippen LogP contribution is -2.62. The molecule has 4 fully saturated rings. The normalized spacial score (nSPS) is 41.1. The molecule has 9 atom stereocenters. The first-order chi connectivity index (χ1) is 15.8. The second-order valence-corrected chi connectivity index (χ2v) is 12.1. The number of nitrogens with one attached hydrogen (secondary N) is 2. The molecule has 0 aromatic rings. The number of hydrogen-bond donors (Lipinski definition) is 4. The number of halogens is 1. The number of aliphatic hydroxyl groups is 2. The van der Waals surface area contributed by atoms with E-state index >= 15 is 0 Å². The van der Waals surface area contributed by atoms with Gasteiger partial charge in [0.1, 0.15) is 18.3 Å². The Labute approximate surface area is 207 Å². The summed E-state index contributed by atoms with van der Waals surface area (Å²) in [6.45, 7) is 2.62. The minimum Gasteiger partial charge on any atom is -0.387 e. The Morgan fingerprint density at radius 1 is 1.21 bits per heavy atom. The molecule has 0 spiro atoms. The van der Waals surface area contributed by atoms with Gasteiger partial charge in [0, 0.05) is 0 Å². The lowest BCUT2D eigenvalue weighted by atomic mass is 9.90. The van der Waals surface area contributed by atoms with Crippen molar-refractivity contribution in [3.63, 3.8) is 0 Å². The fraction of sp³-hybridized carbons (Fsp3) is 0.958. The number of amides is 1. The summed E-state index contributed by atoms with van der Waals surface area (Å²) in [5.74, 6) is 0.0554. The van der Waals surface area contributed by atoms with Crippen LogP contribution in [0.2, 0.25) is 0 Å². The van der Waals surface area contributed by atoms with Crippen molar-refractivity contribution in [1.29, 1.82) is 0 Å². The number of ether oxygens (including phenoxy) is 2. The van der Waals surface area contributed by atoms with Gasteiger partial charge in [-0.05, 0) is 50.8 Å². The number of thioether (sulfide) groups is 1. The molecule has 4 aliphatic rings. The first-order valence-corrected chi connectivity index (χ1v) is 14.5. The van der Waals surface area contributed by atoms with E-state index in [1.807, 2.05) is 6.26 Å². The molecule has 1 amide bonds. The average molecular weight is 505 g/mol. The maximum absolute atomic E-state index is 13.2. The second kappa shape index (κ2) is 11.3. The molecule has 7 nitrogen and oxygen atoms in total. The molecule has 0 bridgehead atoms. The van der Waals surface area contributed by atoms with Gasteiger partial charge in [-0.25, -0.2) is 0 Å². The first kappa shape index (κ1) is 26.0. The summed E-state index contributed by atoms with van der Waals surface area (Å²) in [7, 11) is 0. The molecule has 33 heavy (non-hydrogen) atoms. The summed E-state index contributed by atoms with van der Waals surface area (Å²) in [6, 6.07) is -0.862. The van der Waals surface area contributed by atoms with Crippen molar-refractivity contribution in [2.75, 3.05) is 12.8 Å². The Kier molecular flexibility index (Phi) is 8.91. The molecule has 3 aliphatic heterocycles. The number of aliphatic hydroxyl groups excluding tert-OH is 1. The molecule has 3 unspecified atom stereocenters. The van der Waals surface area contributed by atoms with E-state index in [1.165, 1.54) is 56.7 Å². The number of fused-ring (bicyclic) bond motifs is 1. The number of rotatable bonds is 9. The van der Waals surface area contributed by atoms with Gasteiger partial charge in [-0.3, -0.25) is 4.79 Å². The van der Waals surface area contributed by atoms with E-state index in [0.717, 1.165) is 31.7 Å². The second-order valence-electron chi connectivity index (χ2n) is 10.5. The number of hydrogen-bond acceptors (Lipinski definition) is 7. The molecule has 0 aromatic carbocycles. The van der Waals surface area contributed by atoms with Gasteiger partial charge in [-0.2, -0.15) is 0 Å². The van der Waals surface area contributed by atoms with Gasteiger partial charge in [0.2, 0.25) is 11.7 Å². The van der Waals surface area contributed by atoms with E-state index in [0.29, 0.717) is 5.92 Å². The third-order valence-electron chi connectivity index (χ3n) is 8.13. The molecule has 3 heterocycles.